The lowest BCUT2D eigenvalue weighted by molar-refractivity contribution is -0.154. The van der Waals surface area contributed by atoms with Gasteiger partial charge in [0.2, 0.25) is 0 Å². The van der Waals surface area contributed by atoms with Gasteiger partial charge in [0, 0.05) is 4.88 Å². The van der Waals surface area contributed by atoms with E-state index >= 15 is 0 Å². The summed E-state index contributed by atoms with van der Waals surface area (Å²) in [5, 5.41) is 3.34. The molecule has 0 unspecified atom stereocenters. The molecule has 1 aromatic rings. The van der Waals surface area contributed by atoms with Gasteiger partial charge in [-0.05, 0) is 92.9 Å². The van der Waals surface area contributed by atoms with Crippen LogP contribution in [0.25, 0.3) is 0 Å². The Balaban J connectivity index is 1.19. The van der Waals surface area contributed by atoms with Gasteiger partial charge in [0.15, 0.2) is 6.61 Å². The molecule has 174 valence electrons. The van der Waals surface area contributed by atoms with Gasteiger partial charge in [-0.3, -0.25) is 9.59 Å². The van der Waals surface area contributed by atoms with E-state index in [2.05, 4.69) is 5.32 Å². The van der Waals surface area contributed by atoms with Crippen molar-refractivity contribution in [1.29, 1.82) is 0 Å². The van der Waals surface area contributed by atoms with E-state index in [0.717, 1.165) is 79.6 Å². The molecule has 1 heterocycles. The van der Waals surface area contributed by atoms with Crippen molar-refractivity contribution in [3.05, 3.63) is 16.0 Å². The van der Waals surface area contributed by atoms with Crippen LogP contribution in [0.1, 0.15) is 85.0 Å². The van der Waals surface area contributed by atoms with Crippen molar-refractivity contribution in [2.45, 2.75) is 77.0 Å². The van der Waals surface area contributed by atoms with Crippen LogP contribution in [0.15, 0.2) is 0 Å². The largest absolute Gasteiger partial charge is 0.465 e. The van der Waals surface area contributed by atoms with Crippen LogP contribution in [0.2, 0.25) is 0 Å². The summed E-state index contributed by atoms with van der Waals surface area (Å²) in [5.74, 6) is 1.26. The highest BCUT2D eigenvalue weighted by molar-refractivity contribution is 7.17. The summed E-state index contributed by atoms with van der Waals surface area (Å²) in [6, 6.07) is 0. The number of esters is 2. The van der Waals surface area contributed by atoms with Crippen molar-refractivity contribution in [3.8, 4) is 0 Å². The van der Waals surface area contributed by atoms with E-state index in [1.54, 1.807) is 0 Å². The summed E-state index contributed by atoms with van der Waals surface area (Å²) >= 11 is 1.45. The lowest BCUT2D eigenvalue weighted by Crippen LogP contribution is -2.47. The minimum Gasteiger partial charge on any atom is -0.465 e. The first-order valence-corrected chi connectivity index (χ1v) is 12.9. The van der Waals surface area contributed by atoms with E-state index in [0.29, 0.717) is 17.0 Å². The predicted octanol–water partition coefficient (Wildman–Crippen LogP) is 4.89. The van der Waals surface area contributed by atoms with Crippen LogP contribution < -0.4 is 5.32 Å². The molecule has 32 heavy (non-hydrogen) atoms. The summed E-state index contributed by atoms with van der Waals surface area (Å²) in [5.41, 5.74) is 1.59. The number of anilines is 1. The van der Waals surface area contributed by atoms with E-state index in [4.69, 9.17) is 9.47 Å². The van der Waals surface area contributed by atoms with Crippen LogP contribution >= 0.6 is 11.3 Å². The van der Waals surface area contributed by atoms with Crippen molar-refractivity contribution in [2.75, 3.05) is 19.0 Å². The molecular weight excluding hydrogens is 426 g/mol. The number of aryl methyl sites for hydroxylation is 1. The smallest absolute Gasteiger partial charge is 0.341 e. The molecule has 1 amide bonds. The number of nitrogens with one attached hydrogen (secondary N) is 1. The van der Waals surface area contributed by atoms with Crippen LogP contribution in [0.3, 0.4) is 0 Å². The Labute approximate surface area is 193 Å². The lowest BCUT2D eigenvalue weighted by atomic mass is 9.49. The maximum Gasteiger partial charge on any atom is 0.341 e. The van der Waals surface area contributed by atoms with Crippen LogP contribution in [-0.4, -0.2) is 31.6 Å². The minimum absolute atomic E-state index is 0.103. The Hall–Kier alpha value is -1.89. The van der Waals surface area contributed by atoms with Crippen LogP contribution in [0.5, 0.6) is 0 Å². The molecule has 0 atom stereocenters. The number of methoxy groups -OCH3 is 1. The second-order valence-electron chi connectivity index (χ2n) is 10.6. The summed E-state index contributed by atoms with van der Waals surface area (Å²) < 4.78 is 10.4. The fraction of sp³-hybridized carbons (Fsp3) is 0.720. The van der Waals surface area contributed by atoms with E-state index in [1.807, 2.05) is 0 Å². The van der Waals surface area contributed by atoms with Crippen LogP contribution in [-0.2, 0) is 31.9 Å². The first kappa shape index (κ1) is 21.9. The summed E-state index contributed by atoms with van der Waals surface area (Å²) in [4.78, 5) is 38.8. The van der Waals surface area contributed by atoms with Crippen molar-refractivity contribution in [1.82, 2.24) is 0 Å². The quantitative estimate of drug-likeness (QED) is 0.484. The number of rotatable bonds is 6. The molecule has 0 radical (unpaired) electrons. The third-order valence-corrected chi connectivity index (χ3v) is 9.32. The number of ether oxygens (including phenoxy) is 2. The Bertz CT molecular complexity index is 884. The van der Waals surface area contributed by atoms with E-state index < -0.39 is 11.9 Å². The highest BCUT2D eigenvalue weighted by Crippen LogP contribution is 2.61. The zero-order valence-electron chi connectivity index (χ0n) is 18.9. The van der Waals surface area contributed by atoms with Gasteiger partial charge in [0.25, 0.3) is 5.91 Å². The summed E-state index contributed by atoms with van der Waals surface area (Å²) in [7, 11) is 1.36. The maximum atomic E-state index is 12.6. The monoisotopic (exact) mass is 459 g/mol. The predicted molar refractivity (Wildman–Crippen MR) is 122 cm³/mol. The van der Waals surface area contributed by atoms with Gasteiger partial charge >= 0.3 is 11.9 Å². The number of thiophene rings is 1. The lowest BCUT2D eigenvalue weighted by Gasteiger charge is -2.56. The number of carbonyl (C=O) groups excluding carboxylic acids is 3. The SMILES string of the molecule is COC(=O)c1c(NC(=O)COC(=O)CC23CC4CC(CC(C4)C2)C3)sc2c1CCCCC2. The average Bonchev–Trinajstić information content (AvgIpc) is 2.90. The number of amides is 1. The molecule has 4 saturated carbocycles. The van der Waals surface area contributed by atoms with E-state index in [9.17, 15) is 14.4 Å². The van der Waals surface area contributed by atoms with Crippen molar-refractivity contribution >= 4 is 34.2 Å². The standard InChI is InChI=1S/C25H33NO5S/c1-30-24(29)22-18-5-3-2-4-6-19(18)32-23(22)26-20(27)14-31-21(28)13-25-10-15-7-16(11-25)9-17(8-15)12-25/h15-17H,2-14H2,1H3,(H,26,27). The van der Waals surface area contributed by atoms with Gasteiger partial charge < -0.3 is 14.8 Å². The Kier molecular flexibility index (Phi) is 6.03. The minimum atomic E-state index is -0.418. The third-order valence-electron chi connectivity index (χ3n) is 8.11. The molecule has 5 aliphatic rings. The zero-order chi connectivity index (χ0) is 22.3. The molecule has 0 aromatic carbocycles. The van der Waals surface area contributed by atoms with Gasteiger partial charge in [-0.15, -0.1) is 11.3 Å². The molecule has 4 bridgehead atoms. The second-order valence-corrected chi connectivity index (χ2v) is 11.7. The van der Waals surface area contributed by atoms with E-state index in [-0.39, 0.29) is 18.0 Å². The molecule has 0 saturated heterocycles. The fourth-order valence-electron chi connectivity index (χ4n) is 7.32. The molecular formula is C25H33NO5S. The maximum absolute atomic E-state index is 12.6. The molecule has 6 nitrogen and oxygen atoms in total. The zero-order valence-corrected chi connectivity index (χ0v) is 19.7. The number of hydrogen-bond acceptors (Lipinski definition) is 6. The van der Waals surface area contributed by atoms with E-state index in [1.165, 1.54) is 37.7 Å². The van der Waals surface area contributed by atoms with Gasteiger partial charge in [-0.25, -0.2) is 4.79 Å². The Morgan fingerprint density at radius 3 is 2.31 bits per heavy atom. The Morgan fingerprint density at radius 1 is 1.00 bits per heavy atom. The topological polar surface area (TPSA) is 81.7 Å². The first-order valence-electron chi connectivity index (χ1n) is 12.1. The van der Waals surface area contributed by atoms with Crippen LogP contribution in [0.4, 0.5) is 5.00 Å². The number of fused-ring (bicyclic) bond motifs is 1. The highest BCUT2D eigenvalue weighted by atomic mass is 32.1. The van der Waals surface area contributed by atoms with Crippen molar-refractivity contribution < 1.29 is 23.9 Å². The summed E-state index contributed by atoms with van der Waals surface area (Å²) in [6.07, 6.45) is 12.9. The van der Waals surface area contributed by atoms with Crippen LogP contribution in [0, 0.1) is 23.2 Å². The van der Waals surface area contributed by atoms with Gasteiger partial charge in [0.05, 0.1) is 19.1 Å². The molecule has 1 N–H and O–H groups in total. The molecule has 4 fully saturated rings. The molecule has 0 spiro atoms. The normalized spacial score (nSPS) is 30.3. The first-order chi connectivity index (χ1) is 15.4. The molecule has 0 aliphatic heterocycles. The summed E-state index contributed by atoms with van der Waals surface area (Å²) in [6.45, 7) is -0.311. The molecule has 5 aliphatic carbocycles. The Morgan fingerprint density at radius 2 is 1.66 bits per heavy atom. The highest BCUT2D eigenvalue weighted by Gasteiger charge is 2.51. The average molecular weight is 460 g/mol. The molecule has 7 heteroatoms. The second kappa shape index (κ2) is 8.81. The number of carbonyl (C=O) groups is 3. The third kappa shape index (κ3) is 4.33. The molecule has 6 rings (SSSR count). The van der Waals surface area contributed by atoms with Crippen molar-refractivity contribution in [2.24, 2.45) is 23.2 Å². The van der Waals surface area contributed by atoms with Gasteiger partial charge in [0.1, 0.15) is 5.00 Å². The fourth-order valence-corrected chi connectivity index (χ4v) is 8.61. The van der Waals surface area contributed by atoms with Gasteiger partial charge in [-0.1, -0.05) is 6.42 Å². The van der Waals surface area contributed by atoms with Gasteiger partial charge in [-0.2, -0.15) is 0 Å². The molecule has 1 aromatic heterocycles. The van der Waals surface area contributed by atoms with Crippen molar-refractivity contribution in [3.63, 3.8) is 0 Å². The number of hydrogen-bond donors (Lipinski definition) is 1.